The minimum absolute atomic E-state index is 0.0378. The molecule has 1 rings (SSSR count). The number of hydrogen-bond acceptors (Lipinski definition) is 2. The molecule has 0 unspecified atom stereocenters. The fraction of sp³-hybridized carbons (Fsp3) is 0.200. The highest BCUT2D eigenvalue weighted by Gasteiger charge is 1.99. The normalized spacial score (nSPS) is 13.5. The van der Waals surface area contributed by atoms with Gasteiger partial charge in [-0.15, -0.1) is 0 Å². The van der Waals surface area contributed by atoms with Crippen LogP contribution in [0.15, 0.2) is 42.5 Å². The van der Waals surface area contributed by atoms with Crippen molar-refractivity contribution < 1.29 is 10.2 Å². The van der Waals surface area contributed by atoms with Crippen LogP contribution in [0, 0.1) is 0 Å². The zero-order chi connectivity index (χ0) is 8.81. The topological polar surface area (TPSA) is 40.5 Å². The zero-order valence-corrected chi connectivity index (χ0v) is 6.72. The van der Waals surface area contributed by atoms with Crippen LogP contribution in [0.25, 0.3) is 0 Å². The Kier molecular flexibility index (Phi) is 3.51. The summed E-state index contributed by atoms with van der Waals surface area (Å²) >= 11 is 0. The first-order chi connectivity index (χ1) is 5.84. The molecular weight excluding hydrogens is 152 g/mol. The third-order valence-corrected chi connectivity index (χ3v) is 1.56. The number of aliphatic hydroxyl groups is 2. The molecule has 2 heteroatoms. The van der Waals surface area contributed by atoms with Crippen LogP contribution in [0.1, 0.15) is 11.7 Å². The molecular formula is C10H12O2. The molecule has 0 aromatic heterocycles. The lowest BCUT2D eigenvalue weighted by molar-refractivity contribution is 0.227. The number of benzene rings is 1. The van der Waals surface area contributed by atoms with Crippen LogP contribution in [-0.4, -0.2) is 16.8 Å². The molecule has 0 saturated carbocycles. The highest BCUT2D eigenvalue weighted by molar-refractivity contribution is 5.20. The van der Waals surface area contributed by atoms with Crippen molar-refractivity contribution in [2.24, 2.45) is 0 Å². The summed E-state index contributed by atoms with van der Waals surface area (Å²) in [6, 6.07) is 9.31. The Hall–Kier alpha value is -1.12. The first-order valence-electron chi connectivity index (χ1n) is 3.85. The minimum atomic E-state index is -0.613. The Morgan fingerprint density at radius 1 is 1.25 bits per heavy atom. The number of rotatable bonds is 3. The van der Waals surface area contributed by atoms with Crippen LogP contribution >= 0.6 is 0 Å². The van der Waals surface area contributed by atoms with Crippen LogP contribution in [-0.2, 0) is 0 Å². The Labute approximate surface area is 71.8 Å². The first-order valence-corrected chi connectivity index (χ1v) is 3.85. The van der Waals surface area contributed by atoms with Crippen molar-refractivity contribution in [2.45, 2.75) is 6.10 Å². The van der Waals surface area contributed by atoms with Crippen LogP contribution in [0.2, 0.25) is 0 Å². The third kappa shape index (κ3) is 2.49. The molecule has 0 saturated heterocycles. The molecule has 2 N–H and O–H groups in total. The first kappa shape index (κ1) is 8.97. The average Bonchev–Trinajstić information content (AvgIpc) is 2.15. The van der Waals surface area contributed by atoms with Gasteiger partial charge in [0.15, 0.2) is 0 Å². The molecule has 2 nitrogen and oxygen atoms in total. The van der Waals surface area contributed by atoms with Gasteiger partial charge in [-0.2, -0.15) is 0 Å². The number of aliphatic hydroxyl groups excluding tert-OH is 2. The fourth-order valence-corrected chi connectivity index (χ4v) is 0.951. The summed E-state index contributed by atoms with van der Waals surface area (Å²) < 4.78 is 0. The minimum Gasteiger partial charge on any atom is -0.392 e. The molecule has 0 fully saturated rings. The van der Waals surface area contributed by atoms with Crippen molar-refractivity contribution in [3.05, 3.63) is 48.0 Å². The van der Waals surface area contributed by atoms with Crippen LogP contribution < -0.4 is 0 Å². The number of hydrogen-bond donors (Lipinski definition) is 2. The smallest absolute Gasteiger partial charge is 0.0972 e. The summed E-state index contributed by atoms with van der Waals surface area (Å²) in [5.74, 6) is 0. The molecule has 0 aliphatic rings. The van der Waals surface area contributed by atoms with E-state index in [4.69, 9.17) is 5.11 Å². The summed E-state index contributed by atoms with van der Waals surface area (Å²) in [5, 5.41) is 17.9. The second-order valence-electron chi connectivity index (χ2n) is 2.47. The molecule has 1 atom stereocenters. The molecule has 0 radical (unpaired) electrons. The third-order valence-electron chi connectivity index (χ3n) is 1.56. The fourth-order valence-electron chi connectivity index (χ4n) is 0.951. The zero-order valence-electron chi connectivity index (χ0n) is 6.72. The molecule has 1 aromatic carbocycles. The van der Waals surface area contributed by atoms with E-state index >= 15 is 0 Å². The van der Waals surface area contributed by atoms with Gasteiger partial charge in [-0.25, -0.2) is 0 Å². The van der Waals surface area contributed by atoms with Gasteiger partial charge in [-0.3, -0.25) is 0 Å². The molecule has 0 bridgehead atoms. The van der Waals surface area contributed by atoms with Crippen molar-refractivity contribution in [1.82, 2.24) is 0 Å². The maximum Gasteiger partial charge on any atom is 0.0972 e. The molecule has 0 spiro atoms. The summed E-state index contributed by atoms with van der Waals surface area (Å²) in [5.41, 5.74) is 0.835. The van der Waals surface area contributed by atoms with Crippen LogP contribution in [0.4, 0.5) is 0 Å². The van der Waals surface area contributed by atoms with Crippen molar-refractivity contribution in [1.29, 1.82) is 0 Å². The molecule has 12 heavy (non-hydrogen) atoms. The van der Waals surface area contributed by atoms with Gasteiger partial charge in [0.2, 0.25) is 0 Å². The van der Waals surface area contributed by atoms with Crippen LogP contribution in [0.5, 0.6) is 0 Å². The second-order valence-corrected chi connectivity index (χ2v) is 2.47. The van der Waals surface area contributed by atoms with Crippen molar-refractivity contribution in [2.75, 3.05) is 6.61 Å². The lowest BCUT2D eigenvalue weighted by Gasteiger charge is -2.03. The molecule has 0 heterocycles. The van der Waals surface area contributed by atoms with E-state index in [0.717, 1.165) is 5.56 Å². The maximum absolute atomic E-state index is 9.45. The lowest BCUT2D eigenvalue weighted by Crippen LogP contribution is -1.92. The Morgan fingerprint density at radius 3 is 2.50 bits per heavy atom. The van der Waals surface area contributed by atoms with E-state index < -0.39 is 6.10 Å². The second kappa shape index (κ2) is 4.70. The van der Waals surface area contributed by atoms with Gasteiger partial charge in [-0.05, 0) is 5.56 Å². The van der Waals surface area contributed by atoms with E-state index in [9.17, 15) is 5.11 Å². The van der Waals surface area contributed by atoms with Gasteiger partial charge >= 0.3 is 0 Å². The van der Waals surface area contributed by atoms with E-state index in [1.165, 1.54) is 6.08 Å². The highest BCUT2D eigenvalue weighted by atomic mass is 16.3. The van der Waals surface area contributed by atoms with Gasteiger partial charge in [-0.1, -0.05) is 42.5 Å². The monoisotopic (exact) mass is 164 g/mol. The van der Waals surface area contributed by atoms with Crippen molar-refractivity contribution in [3.8, 4) is 0 Å². The quantitative estimate of drug-likeness (QED) is 0.660. The van der Waals surface area contributed by atoms with E-state index in [2.05, 4.69) is 0 Å². The summed E-state index contributed by atoms with van der Waals surface area (Å²) in [6.45, 7) is -0.0378. The molecule has 64 valence electrons. The van der Waals surface area contributed by atoms with Gasteiger partial charge in [0.05, 0.1) is 12.7 Å². The molecule has 0 aliphatic heterocycles. The van der Waals surface area contributed by atoms with Gasteiger partial charge in [0.25, 0.3) is 0 Å². The Balaban J connectivity index is 2.65. The molecule has 0 amide bonds. The molecule has 0 aliphatic carbocycles. The van der Waals surface area contributed by atoms with E-state index in [1.807, 2.05) is 30.3 Å². The average molecular weight is 164 g/mol. The van der Waals surface area contributed by atoms with E-state index in [1.54, 1.807) is 6.08 Å². The molecule has 1 aromatic rings. The summed E-state index contributed by atoms with van der Waals surface area (Å²) in [7, 11) is 0. The Bertz CT molecular complexity index is 241. The maximum atomic E-state index is 9.45. The summed E-state index contributed by atoms with van der Waals surface area (Å²) in [6.07, 6.45) is 2.48. The highest BCUT2D eigenvalue weighted by Crippen LogP contribution is 2.12. The predicted molar refractivity (Wildman–Crippen MR) is 47.6 cm³/mol. The van der Waals surface area contributed by atoms with Crippen LogP contribution in [0.3, 0.4) is 0 Å². The Morgan fingerprint density at radius 2 is 1.92 bits per heavy atom. The van der Waals surface area contributed by atoms with Gasteiger partial charge < -0.3 is 10.2 Å². The van der Waals surface area contributed by atoms with Gasteiger partial charge in [0.1, 0.15) is 0 Å². The lowest BCUT2D eigenvalue weighted by atomic mass is 10.1. The summed E-state index contributed by atoms with van der Waals surface area (Å²) in [4.78, 5) is 0. The van der Waals surface area contributed by atoms with Crippen molar-refractivity contribution >= 4 is 0 Å². The van der Waals surface area contributed by atoms with E-state index in [0.29, 0.717) is 0 Å². The van der Waals surface area contributed by atoms with E-state index in [-0.39, 0.29) is 6.61 Å². The van der Waals surface area contributed by atoms with Crippen molar-refractivity contribution in [3.63, 3.8) is 0 Å². The van der Waals surface area contributed by atoms with Gasteiger partial charge in [0, 0.05) is 0 Å². The predicted octanol–water partition coefficient (Wildman–Crippen LogP) is 1.27. The standard InChI is InChI=1S/C10H12O2/c11-8-4-7-10(12)9-5-2-1-3-6-9/h1-7,10-12H,8H2/b7-4+/t10-/m0/s1. The largest absolute Gasteiger partial charge is 0.392 e. The SMILES string of the molecule is OC/C=C/[C@H](O)c1ccccc1.